The van der Waals surface area contributed by atoms with E-state index in [9.17, 15) is 0 Å². The summed E-state index contributed by atoms with van der Waals surface area (Å²) < 4.78 is 0. The van der Waals surface area contributed by atoms with Crippen molar-refractivity contribution in [1.29, 1.82) is 0 Å². The van der Waals surface area contributed by atoms with Gasteiger partial charge in [-0.25, -0.2) is 0 Å². The van der Waals surface area contributed by atoms with Crippen LogP contribution in [0.25, 0.3) is 6.08 Å². The Morgan fingerprint density at radius 3 is 1.47 bits per heavy atom. The molecule has 88 valence electrons. The lowest BCUT2D eigenvalue weighted by Gasteiger charge is -1.86. The van der Waals surface area contributed by atoms with Gasteiger partial charge in [-0.2, -0.15) is 0 Å². The fourth-order valence-electron chi connectivity index (χ4n) is 0.757. The van der Waals surface area contributed by atoms with Gasteiger partial charge in [-0.1, -0.05) is 84.0 Å². The van der Waals surface area contributed by atoms with Crippen LogP contribution in [0.1, 0.15) is 54.0 Å². The second-order valence-electron chi connectivity index (χ2n) is 1.91. The second-order valence-corrected chi connectivity index (χ2v) is 1.91. The largest absolute Gasteiger partial charge is 0.0871 e. The first-order valence-corrected chi connectivity index (χ1v) is 6.11. The zero-order valence-corrected chi connectivity index (χ0v) is 11.5. The molecule has 1 aromatic carbocycles. The van der Waals surface area contributed by atoms with E-state index in [2.05, 4.69) is 18.2 Å². The van der Waals surface area contributed by atoms with Crippen molar-refractivity contribution in [3.05, 3.63) is 42.0 Å². The molecule has 0 nitrogen and oxygen atoms in total. The van der Waals surface area contributed by atoms with Crippen molar-refractivity contribution in [2.45, 2.75) is 48.5 Å². The van der Waals surface area contributed by atoms with Crippen molar-refractivity contribution < 1.29 is 0 Å². The molecule has 0 N–H and O–H groups in total. The van der Waals surface area contributed by atoms with E-state index in [1.807, 2.05) is 72.7 Å². The Hall–Kier alpha value is -1.04. The molecule has 1 aromatic rings. The average molecular weight is 208 g/mol. The molecule has 0 heterocycles. The zero-order chi connectivity index (χ0) is 12.5. The molecule has 0 saturated carbocycles. The Kier molecular flexibility index (Phi) is 30.0. The molecule has 0 heteroatoms. The van der Waals surface area contributed by atoms with Gasteiger partial charge in [0.2, 0.25) is 0 Å². The van der Waals surface area contributed by atoms with E-state index in [1.165, 1.54) is 5.56 Å². The number of hydrogen-bond acceptors (Lipinski definition) is 0. The van der Waals surface area contributed by atoms with E-state index in [0.29, 0.717) is 0 Å². The summed E-state index contributed by atoms with van der Waals surface area (Å²) in [6, 6.07) is 10.3. The van der Waals surface area contributed by atoms with Crippen LogP contribution in [0.5, 0.6) is 0 Å². The van der Waals surface area contributed by atoms with E-state index < -0.39 is 0 Å². The van der Waals surface area contributed by atoms with Crippen LogP contribution in [0.3, 0.4) is 0 Å². The first-order valence-electron chi connectivity index (χ1n) is 6.11. The standard InChI is InChI=1S/C9H10.3C2H6/c1-2-6-9-7-4-3-5-8-9;3*1-2/h2-8H,1H3;3*1-2H3. The van der Waals surface area contributed by atoms with E-state index in [-0.39, 0.29) is 0 Å². The number of rotatable bonds is 1. The molecular formula is C15H28. The number of hydrogen-bond donors (Lipinski definition) is 0. The monoisotopic (exact) mass is 208 g/mol. The third-order valence-electron chi connectivity index (χ3n) is 1.16. The summed E-state index contributed by atoms with van der Waals surface area (Å²) in [4.78, 5) is 0. The van der Waals surface area contributed by atoms with Crippen molar-refractivity contribution in [3.63, 3.8) is 0 Å². The van der Waals surface area contributed by atoms with Gasteiger partial charge >= 0.3 is 0 Å². The van der Waals surface area contributed by atoms with Crippen LogP contribution in [-0.4, -0.2) is 0 Å². The van der Waals surface area contributed by atoms with Crippen LogP contribution in [0.4, 0.5) is 0 Å². The van der Waals surface area contributed by atoms with Gasteiger partial charge in [-0.15, -0.1) is 0 Å². The lowest BCUT2D eigenvalue weighted by Crippen LogP contribution is -1.65. The summed E-state index contributed by atoms with van der Waals surface area (Å²) in [6.07, 6.45) is 4.12. The smallest absolute Gasteiger partial charge is 0.0260 e. The lowest BCUT2D eigenvalue weighted by atomic mass is 10.2. The summed E-state index contributed by atoms with van der Waals surface area (Å²) in [5.74, 6) is 0. The fraction of sp³-hybridized carbons (Fsp3) is 0.467. The Bertz CT molecular complexity index is 184. The Balaban J connectivity index is -0.000000208. The minimum atomic E-state index is 1.26. The van der Waals surface area contributed by atoms with Gasteiger partial charge in [0.05, 0.1) is 0 Å². The topological polar surface area (TPSA) is 0 Å². The molecule has 0 atom stereocenters. The van der Waals surface area contributed by atoms with Crippen molar-refractivity contribution in [2.24, 2.45) is 0 Å². The lowest BCUT2D eigenvalue weighted by molar-refractivity contribution is 1.50. The third-order valence-corrected chi connectivity index (χ3v) is 1.16. The maximum atomic E-state index is 2.08. The summed E-state index contributed by atoms with van der Waals surface area (Å²) in [5.41, 5.74) is 1.26. The van der Waals surface area contributed by atoms with E-state index >= 15 is 0 Å². The zero-order valence-electron chi connectivity index (χ0n) is 11.5. The van der Waals surface area contributed by atoms with Crippen LogP contribution in [0.15, 0.2) is 36.4 Å². The molecule has 0 spiro atoms. The van der Waals surface area contributed by atoms with Crippen LogP contribution < -0.4 is 0 Å². The molecule has 0 saturated heterocycles. The van der Waals surface area contributed by atoms with Crippen molar-refractivity contribution in [2.75, 3.05) is 0 Å². The van der Waals surface area contributed by atoms with Crippen molar-refractivity contribution >= 4 is 6.08 Å². The SMILES string of the molecule is CC.CC.CC.CC=Cc1ccccc1. The quantitative estimate of drug-likeness (QED) is 0.547. The Morgan fingerprint density at radius 1 is 0.733 bits per heavy atom. The number of allylic oxidation sites excluding steroid dienone is 1. The van der Waals surface area contributed by atoms with Gasteiger partial charge in [0.15, 0.2) is 0 Å². The average Bonchev–Trinajstić information content (AvgIpc) is 2.38. The fourth-order valence-corrected chi connectivity index (χ4v) is 0.757. The highest BCUT2D eigenvalue weighted by Crippen LogP contribution is 1.99. The molecule has 0 aliphatic rings. The highest BCUT2D eigenvalue weighted by molar-refractivity contribution is 5.47. The van der Waals surface area contributed by atoms with Crippen LogP contribution in [0, 0.1) is 0 Å². The maximum absolute atomic E-state index is 2.08. The van der Waals surface area contributed by atoms with Gasteiger partial charge in [0.25, 0.3) is 0 Å². The molecule has 1 rings (SSSR count). The first-order chi connectivity index (χ1) is 7.43. The molecule has 15 heavy (non-hydrogen) atoms. The second kappa shape index (κ2) is 23.1. The molecule has 0 aliphatic heterocycles. The highest BCUT2D eigenvalue weighted by atomic mass is 13.8. The Labute approximate surface area is 97.0 Å². The van der Waals surface area contributed by atoms with Crippen LogP contribution in [-0.2, 0) is 0 Å². The summed E-state index contributed by atoms with van der Waals surface area (Å²) in [7, 11) is 0. The summed E-state index contributed by atoms with van der Waals surface area (Å²) in [5, 5.41) is 0. The molecule has 0 radical (unpaired) electrons. The van der Waals surface area contributed by atoms with Crippen LogP contribution in [0.2, 0.25) is 0 Å². The molecule has 0 aliphatic carbocycles. The number of benzene rings is 1. The normalized spacial score (nSPS) is 7.40. The van der Waals surface area contributed by atoms with E-state index in [4.69, 9.17) is 0 Å². The molecule has 0 unspecified atom stereocenters. The predicted octanol–water partition coefficient (Wildman–Crippen LogP) is 5.80. The summed E-state index contributed by atoms with van der Waals surface area (Å²) in [6.45, 7) is 14.0. The van der Waals surface area contributed by atoms with Gasteiger partial charge in [0, 0.05) is 0 Å². The van der Waals surface area contributed by atoms with Gasteiger partial charge < -0.3 is 0 Å². The van der Waals surface area contributed by atoms with Crippen molar-refractivity contribution in [3.8, 4) is 0 Å². The van der Waals surface area contributed by atoms with E-state index in [1.54, 1.807) is 0 Å². The van der Waals surface area contributed by atoms with Crippen molar-refractivity contribution in [1.82, 2.24) is 0 Å². The van der Waals surface area contributed by atoms with Gasteiger partial charge in [0.1, 0.15) is 0 Å². The molecule has 0 bridgehead atoms. The first kappa shape index (κ1) is 19.5. The van der Waals surface area contributed by atoms with Gasteiger partial charge in [-0.3, -0.25) is 0 Å². The van der Waals surface area contributed by atoms with Gasteiger partial charge in [-0.05, 0) is 12.5 Å². The van der Waals surface area contributed by atoms with Crippen LogP contribution >= 0.6 is 0 Å². The summed E-state index contributed by atoms with van der Waals surface area (Å²) >= 11 is 0. The highest BCUT2D eigenvalue weighted by Gasteiger charge is 1.77. The Morgan fingerprint density at radius 2 is 1.13 bits per heavy atom. The maximum Gasteiger partial charge on any atom is -0.0260 e. The minimum absolute atomic E-state index is 1.26. The predicted molar refractivity (Wildman–Crippen MR) is 75.2 cm³/mol. The molecular weight excluding hydrogens is 180 g/mol. The molecule has 0 amide bonds. The molecule has 0 fully saturated rings. The minimum Gasteiger partial charge on any atom is -0.0871 e. The van der Waals surface area contributed by atoms with E-state index in [0.717, 1.165) is 0 Å². The third kappa shape index (κ3) is 15.7. The molecule has 0 aromatic heterocycles.